The van der Waals surface area contributed by atoms with Crippen molar-refractivity contribution < 1.29 is 4.74 Å². The number of ether oxygens (including phenoxy) is 1. The number of nitrogens with one attached hydrogen (secondary N) is 1. The average molecular weight is 275 g/mol. The molecule has 20 heavy (non-hydrogen) atoms. The first-order chi connectivity index (χ1) is 9.47. The first kappa shape index (κ1) is 15.5. The molecule has 0 saturated heterocycles. The molecule has 112 valence electrons. The summed E-state index contributed by atoms with van der Waals surface area (Å²) in [6.45, 7) is 9.97. The van der Waals surface area contributed by atoms with Crippen LogP contribution in [-0.2, 0) is 11.2 Å². The van der Waals surface area contributed by atoms with Crippen molar-refractivity contribution in [2.24, 2.45) is 5.41 Å². The lowest BCUT2D eigenvalue weighted by Gasteiger charge is -2.40. The maximum absolute atomic E-state index is 5.82. The van der Waals surface area contributed by atoms with Gasteiger partial charge in [0.15, 0.2) is 0 Å². The summed E-state index contributed by atoms with van der Waals surface area (Å²) in [5.74, 6) is 0.690. The summed E-state index contributed by atoms with van der Waals surface area (Å²) in [5, 5.41) is 3.65. The van der Waals surface area contributed by atoms with Crippen molar-refractivity contribution in [2.45, 2.75) is 58.6 Å². The van der Waals surface area contributed by atoms with Crippen LogP contribution < -0.4 is 5.32 Å². The van der Waals surface area contributed by atoms with Crippen molar-refractivity contribution in [3.8, 4) is 0 Å². The molecule has 0 fully saturated rings. The van der Waals surface area contributed by atoms with Crippen LogP contribution in [0.2, 0.25) is 0 Å². The van der Waals surface area contributed by atoms with Crippen molar-refractivity contribution in [2.75, 3.05) is 13.7 Å². The molecule has 0 spiro atoms. The summed E-state index contributed by atoms with van der Waals surface area (Å²) >= 11 is 0. The van der Waals surface area contributed by atoms with Gasteiger partial charge in [-0.2, -0.15) is 0 Å². The van der Waals surface area contributed by atoms with E-state index < -0.39 is 0 Å². The molecule has 0 radical (unpaired) electrons. The first-order valence-corrected chi connectivity index (χ1v) is 7.81. The minimum Gasteiger partial charge on any atom is -0.379 e. The molecule has 0 saturated carbocycles. The van der Waals surface area contributed by atoms with Gasteiger partial charge in [0, 0.05) is 13.2 Å². The van der Waals surface area contributed by atoms with E-state index in [1.165, 1.54) is 18.4 Å². The Bertz CT molecular complexity index is 435. The Morgan fingerprint density at radius 3 is 2.55 bits per heavy atom. The molecular formula is C18H29NO. The molecule has 0 aromatic heterocycles. The minimum atomic E-state index is 0.158. The van der Waals surface area contributed by atoms with E-state index in [2.05, 4.69) is 57.3 Å². The molecule has 1 aliphatic rings. The molecule has 3 atom stereocenters. The van der Waals surface area contributed by atoms with Gasteiger partial charge in [0.25, 0.3) is 0 Å². The molecule has 2 rings (SSSR count). The van der Waals surface area contributed by atoms with Crippen molar-refractivity contribution >= 4 is 0 Å². The van der Waals surface area contributed by atoms with Crippen molar-refractivity contribution in [1.29, 1.82) is 0 Å². The number of hydrogen-bond acceptors (Lipinski definition) is 2. The largest absolute Gasteiger partial charge is 0.379 e. The van der Waals surface area contributed by atoms with Gasteiger partial charge in [-0.1, -0.05) is 52.0 Å². The molecule has 2 nitrogen and oxygen atoms in total. The Kier molecular flexibility index (Phi) is 4.87. The van der Waals surface area contributed by atoms with E-state index in [1.54, 1.807) is 5.56 Å². The van der Waals surface area contributed by atoms with Crippen LogP contribution in [0.3, 0.4) is 0 Å². The van der Waals surface area contributed by atoms with Crippen molar-refractivity contribution in [3.63, 3.8) is 0 Å². The SMILES string of the molecule is CCNC(CC1Cc2ccccc21)C(OC)C(C)(C)C. The number of likely N-dealkylation sites (N-methyl/N-ethyl adjacent to an activating group) is 1. The van der Waals surface area contributed by atoms with E-state index in [9.17, 15) is 0 Å². The van der Waals surface area contributed by atoms with Gasteiger partial charge in [-0.25, -0.2) is 0 Å². The standard InChI is InChI=1S/C18H29NO/c1-6-19-16(17(20-5)18(2,3)4)12-14-11-13-9-7-8-10-15(13)14/h7-10,14,16-17,19H,6,11-12H2,1-5H3. The van der Waals surface area contributed by atoms with Crippen LogP contribution in [0.5, 0.6) is 0 Å². The van der Waals surface area contributed by atoms with Gasteiger partial charge in [-0.15, -0.1) is 0 Å². The zero-order chi connectivity index (χ0) is 14.8. The topological polar surface area (TPSA) is 21.3 Å². The lowest BCUT2D eigenvalue weighted by atomic mass is 9.72. The molecule has 1 aliphatic carbocycles. The van der Waals surface area contributed by atoms with Crippen LogP contribution in [-0.4, -0.2) is 25.8 Å². The number of methoxy groups -OCH3 is 1. The normalized spacial score (nSPS) is 20.9. The third-order valence-electron chi connectivity index (χ3n) is 4.44. The number of rotatable bonds is 6. The monoisotopic (exact) mass is 275 g/mol. The summed E-state index contributed by atoms with van der Waals surface area (Å²) in [5.41, 5.74) is 3.22. The van der Waals surface area contributed by atoms with Crippen LogP contribution in [0.4, 0.5) is 0 Å². The lowest BCUT2D eigenvalue weighted by Crippen LogP contribution is -2.49. The third-order valence-corrected chi connectivity index (χ3v) is 4.44. The molecule has 3 unspecified atom stereocenters. The second-order valence-electron chi connectivity index (χ2n) is 7.02. The fourth-order valence-corrected chi connectivity index (χ4v) is 3.58. The van der Waals surface area contributed by atoms with E-state index in [1.807, 2.05) is 7.11 Å². The second kappa shape index (κ2) is 6.28. The van der Waals surface area contributed by atoms with Crippen molar-refractivity contribution in [3.05, 3.63) is 35.4 Å². The molecule has 1 aromatic rings. The highest BCUT2D eigenvalue weighted by atomic mass is 16.5. The van der Waals surface area contributed by atoms with Gasteiger partial charge in [0.2, 0.25) is 0 Å². The predicted molar refractivity (Wildman–Crippen MR) is 85.2 cm³/mol. The third kappa shape index (κ3) is 3.24. The van der Waals surface area contributed by atoms with Gasteiger partial charge < -0.3 is 10.1 Å². The number of fused-ring (bicyclic) bond motifs is 1. The Labute approximate surface area is 123 Å². The summed E-state index contributed by atoms with van der Waals surface area (Å²) in [4.78, 5) is 0. The first-order valence-electron chi connectivity index (χ1n) is 7.81. The van der Waals surface area contributed by atoms with Crippen LogP contribution in [0.1, 0.15) is 51.2 Å². The van der Waals surface area contributed by atoms with E-state index in [0.717, 1.165) is 6.54 Å². The molecule has 0 bridgehead atoms. The Morgan fingerprint density at radius 1 is 1.30 bits per heavy atom. The van der Waals surface area contributed by atoms with E-state index in [4.69, 9.17) is 4.74 Å². The van der Waals surface area contributed by atoms with Crippen molar-refractivity contribution in [1.82, 2.24) is 5.32 Å². The lowest BCUT2D eigenvalue weighted by molar-refractivity contribution is -0.0148. The zero-order valence-electron chi connectivity index (χ0n) is 13.6. The van der Waals surface area contributed by atoms with Crippen LogP contribution in [0.15, 0.2) is 24.3 Å². The number of benzene rings is 1. The fraction of sp³-hybridized carbons (Fsp3) is 0.667. The molecule has 0 amide bonds. The highest BCUT2D eigenvalue weighted by molar-refractivity contribution is 5.40. The maximum Gasteiger partial charge on any atom is 0.0772 e. The van der Waals surface area contributed by atoms with Gasteiger partial charge >= 0.3 is 0 Å². The molecule has 0 heterocycles. The Morgan fingerprint density at radius 2 is 2.00 bits per heavy atom. The fourth-order valence-electron chi connectivity index (χ4n) is 3.58. The predicted octanol–water partition coefficient (Wildman–Crippen LogP) is 3.76. The zero-order valence-corrected chi connectivity index (χ0v) is 13.6. The maximum atomic E-state index is 5.82. The highest BCUT2D eigenvalue weighted by Crippen LogP contribution is 2.40. The van der Waals surface area contributed by atoms with Gasteiger partial charge in [0.1, 0.15) is 0 Å². The highest BCUT2D eigenvalue weighted by Gasteiger charge is 2.36. The summed E-state index contributed by atoms with van der Waals surface area (Å²) in [6.07, 6.45) is 2.63. The second-order valence-corrected chi connectivity index (χ2v) is 7.02. The van der Waals surface area contributed by atoms with Gasteiger partial charge in [0.05, 0.1) is 6.10 Å². The van der Waals surface area contributed by atoms with E-state index in [-0.39, 0.29) is 11.5 Å². The van der Waals surface area contributed by atoms with Crippen LogP contribution in [0, 0.1) is 5.41 Å². The summed E-state index contributed by atoms with van der Waals surface area (Å²) in [6, 6.07) is 9.26. The Hall–Kier alpha value is -0.860. The average Bonchev–Trinajstić information content (AvgIpc) is 2.35. The summed E-state index contributed by atoms with van der Waals surface area (Å²) < 4.78 is 5.82. The molecule has 0 aliphatic heterocycles. The minimum absolute atomic E-state index is 0.158. The van der Waals surface area contributed by atoms with Crippen LogP contribution >= 0.6 is 0 Å². The van der Waals surface area contributed by atoms with Gasteiger partial charge in [-0.05, 0) is 41.8 Å². The quantitative estimate of drug-likeness (QED) is 0.853. The number of hydrogen-bond donors (Lipinski definition) is 1. The smallest absolute Gasteiger partial charge is 0.0772 e. The summed E-state index contributed by atoms with van der Waals surface area (Å²) in [7, 11) is 1.84. The van der Waals surface area contributed by atoms with E-state index >= 15 is 0 Å². The molecule has 1 N–H and O–H groups in total. The Balaban J connectivity index is 2.07. The molecule has 2 heteroatoms. The molecule has 1 aromatic carbocycles. The molecular weight excluding hydrogens is 246 g/mol. The van der Waals surface area contributed by atoms with Crippen LogP contribution in [0.25, 0.3) is 0 Å². The van der Waals surface area contributed by atoms with Gasteiger partial charge in [-0.3, -0.25) is 0 Å². The van der Waals surface area contributed by atoms with E-state index in [0.29, 0.717) is 12.0 Å².